The molecule has 0 bridgehead atoms. The number of hydrogen-bond donors (Lipinski definition) is 4. The van der Waals surface area contributed by atoms with Crippen molar-refractivity contribution in [3.8, 4) is 0 Å². The molecule has 8 nitrogen and oxygen atoms in total. The molecule has 0 rings (SSSR count). The van der Waals surface area contributed by atoms with Gasteiger partial charge in [-0.25, -0.2) is 4.79 Å². The molecule has 0 aromatic carbocycles. The summed E-state index contributed by atoms with van der Waals surface area (Å²) in [5, 5.41) is 39.0. The zero-order valence-corrected chi connectivity index (χ0v) is 15.2. The number of carboxylic acids is 3. The van der Waals surface area contributed by atoms with Crippen molar-refractivity contribution in [2.75, 3.05) is 0 Å². The summed E-state index contributed by atoms with van der Waals surface area (Å²) >= 11 is 0. The van der Waals surface area contributed by atoms with Crippen molar-refractivity contribution < 1.29 is 39.6 Å². The van der Waals surface area contributed by atoms with E-state index in [2.05, 4.69) is 0 Å². The molecule has 0 spiro atoms. The number of carbonyl (C=O) groups is 4. The first kappa shape index (κ1) is 23.0. The number of carboxylic acid groups (broad SMARTS) is 3. The monoisotopic (exact) mass is 360 g/mol. The Labute approximate surface area is 146 Å². The smallest absolute Gasteiger partial charge is 0.338 e. The lowest BCUT2D eigenvalue weighted by Crippen LogP contribution is -2.69. The van der Waals surface area contributed by atoms with Crippen molar-refractivity contribution in [3.05, 3.63) is 0 Å². The van der Waals surface area contributed by atoms with E-state index in [4.69, 9.17) is 0 Å². The number of hydrogen-bond acceptors (Lipinski definition) is 5. The summed E-state index contributed by atoms with van der Waals surface area (Å²) in [6.45, 7) is 4.56. The van der Waals surface area contributed by atoms with E-state index in [0.717, 1.165) is 40.0 Å². The van der Waals surface area contributed by atoms with Gasteiger partial charge in [0.1, 0.15) is 5.41 Å². The minimum atomic E-state index is -3.32. The molecule has 0 aromatic rings. The van der Waals surface area contributed by atoms with Crippen molar-refractivity contribution in [1.82, 2.24) is 0 Å². The van der Waals surface area contributed by atoms with E-state index in [0.29, 0.717) is 12.8 Å². The van der Waals surface area contributed by atoms with Gasteiger partial charge in [0.2, 0.25) is 5.60 Å². The molecule has 0 saturated heterocycles. The minimum absolute atomic E-state index is 0.252. The van der Waals surface area contributed by atoms with E-state index in [1.807, 2.05) is 6.92 Å². The van der Waals surface area contributed by atoms with E-state index < -0.39 is 40.1 Å². The first-order valence-electron chi connectivity index (χ1n) is 8.27. The standard InChI is InChI=1S/C17H28O8/c1-5-6-7-8-9-10-11(18)16(4,13(21)22)17(25,14(23)24)15(2,3)12(19)20/h25H,5-10H2,1-4H3,(H,19,20)(H,21,22)(H,23,24). The fourth-order valence-corrected chi connectivity index (χ4v) is 2.88. The van der Waals surface area contributed by atoms with Gasteiger partial charge in [-0.1, -0.05) is 32.6 Å². The Morgan fingerprint density at radius 1 is 0.760 bits per heavy atom. The highest BCUT2D eigenvalue weighted by molar-refractivity contribution is 6.10. The molecule has 0 heterocycles. The van der Waals surface area contributed by atoms with Crippen LogP contribution in [0.1, 0.15) is 66.2 Å². The molecule has 0 aliphatic carbocycles. The summed E-state index contributed by atoms with van der Waals surface area (Å²) in [5.74, 6) is -6.66. The number of ketones is 1. The summed E-state index contributed by atoms with van der Waals surface area (Å²) in [7, 11) is 0. The van der Waals surface area contributed by atoms with Crippen LogP contribution in [0.5, 0.6) is 0 Å². The van der Waals surface area contributed by atoms with Crippen LogP contribution in [0.3, 0.4) is 0 Å². The number of unbranched alkanes of at least 4 members (excludes halogenated alkanes) is 4. The van der Waals surface area contributed by atoms with Gasteiger partial charge in [0.25, 0.3) is 0 Å². The molecule has 25 heavy (non-hydrogen) atoms. The zero-order chi connectivity index (χ0) is 20.1. The normalized spacial score (nSPS) is 16.5. The Kier molecular flexibility index (Phi) is 7.76. The van der Waals surface area contributed by atoms with Crippen molar-refractivity contribution in [2.45, 2.75) is 71.8 Å². The SMILES string of the molecule is CCCCCCCC(=O)C(C)(C(=O)O)C(O)(C(=O)O)C(C)(C)C(=O)O. The van der Waals surface area contributed by atoms with Gasteiger partial charge in [-0.15, -0.1) is 0 Å². The van der Waals surface area contributed by atoms with Crippen LogP contribution in [-0.2, 0) is 19.2 Å². The Hall–Kier alpha value is -1.96. The molecule has 4 N–H and O–H groups in total. The molecule has 0 saturated carbocycles. The van der Waals surface area contributed by atoms with Crippen LogP contribution in [0.4, 0.5) is 0 Å². The van der Waals surface area contributed by atoms with Crippen LogP contribution in [0.2, 0.25) is 0 Å². The van der Waals surface area contributed by atoms with Gasteiger partial charge in [0.05, 0.1) is 0 Å². The number of Topliss-reactive ketones (excluding diaryl/α,β-unsaturated/α-hetero) is 1. The second-order valence-corrected chi connectivity index (χ2v) is 6.96. The zero-order valence-electron chi connectivity index (χ0n) is 15.2. The maximum atomic E-state index is 12.6. The van der Waals surface area contributed by atoms with Crippen molar-refractivity contribution >= 4 is 23.7 Å². The van der Waals surface area contributed by atoms with E-state index in [1.54, 1.807) is 0 Å². The molecule has 0 aliphatic heterocycles. The van der Waals surface area contributed by atoms with Gasteiger partial charge >= 0.3 is 17.9 Å². The third kappa shape index (κ3) is 4.00. The molecule has 0 amide bonds. The van der Waals surface area contributed by atoms with E-state index in [9.17, 15) is 39.6 Å². The Morgan fingerprint density at radius 2 is 1.24 bits per heavy atom. The lowest BCUT2D eigenvalue weighted by atomic mass is 9.57. The Bertz CT molecular complexity index is 539. The summed E-state index contributed by atoms with van der Waals surface area (Å²) in [5.41, 5.74) is -8.53. The maximum Gasteiger partial charge on any atom is 0.338 e. The summed E-state index contributed by atoms with van der Waals surface area (Å²) in [4.78, 5) is 47.5. The molecular weight excluding hydrogens is 332 g/mol. The van der Waals surface area contributed by atoms with Gasteiger partial charge in [0.15, 0.2) is 11.2 Å². The third-order valence-corrected chi connectivity index (χ3v) is 4.97. The quantitative estimate of drug-likeness (QED) is 0.305. The average molecular weight is 360 g/mol. The number of carbonyl (C=O) groups excluding carboxylic acids is 1. The van der Waals surface area contributed by atoms with Crippen LogP contribution >= 0.6 is 0 Å². The summed E-state index contributed by atoms with van der Waals surface area (Å²) < 4.78 is 0. The molecule has 0 fully saturated rings. The first-order valence-corrected chi connectivity index (χ1v) is 8.27. The molecule has 144 valence electrons. The fraction of sp³-hybridized carbons (Fsp3) is 0.765. The van der Waals surface area contributed by atoms with Crippen LogP contribution in [0.15, 0.2) is 0 Å². The second-order valence-electron chi connectivity index (χ2n) is 6.96. The predicted molar refractivity (Wildman–Crippen MR) is 88.1 cm³/mol. The lowest BCUT2D eigenvalue weighted by Gasteiger charge is -2.45. The van der Waals surface area contributed by atoms with Crippen LogP contribution in [-0.4, -0.2) is 49.7 Å². The minimum Gasteiger partial charge on any atom is -0.481 e. The van der Waals surface area contributed by atoms with Gasteiger partial charge in [-0.3, -0.25) is 14.4 Å². The molecule has 0 radical (unpaired) electrons. The largest absolute Gasteiger partial charge is 0.481 e. The maximum absolute atomic E-state index is 12.6. The highest BCUT2D eigenvalue weighted by atomic mass is 16.4. The first-order chi connectivity index (χ1) is 11.3. The van der Waals surface area contributed by atoms with Gasteiger partial charge in [-0.05, 0) is 27.2 Å². The van der Waals surface area contributed by atoms with E-state index >= 15 is 0 Å². The Morgan fingerprint density at radius 3 is 1.60 bits per heavy atom. The van der Waals surface area contributed by atoms with Gasteiger partial charge < -0.3 is 20.4 Å². The Balaban J connectivity index is 5.86. The average Bonchev–Trinajstić information content (AvgIpc) is 2.51. The van der Waals surface area contributed by atoms with Crippen LogP contribution in [0.25, 0.3) is 0 Å². The molecule has 0 aliphatic rings. The number of aliphatic hydroxyl groups is 1. The number of rotatable bonds is 12. The van der Waals surface area contributed by atoms with Crippen molar-refractivity contribution in [2.24, 2.45) is 10.8 Å². The van der Waals surface area contributed by atoms with Crippen molar-refractivity contribution in [1.29, 1.82) is 0 Å². The third-order valence-electron chi connectivity index (χ3n) is 4.97. The summed E-state index contributed by atoms with van der Waals surface area (Å²) in [6.07, 6.45) is 3.52. The predicted octanol–water partition coefficient (Wildman–Crippen LogP) is 1.93. The van der Waals surface area contributed by atoms with E-state index in [1.165, 1.54) is 0 Å². The van der Waals surface area contributed by atoms with E-state index in [-0.39, 0.29) is 6.42 Å². The van der Waals surface area contributed by atoms with Crippen LogP contribution in [0, 0.1) is 10.8 Å². The molecule has 0 aromatic heterocycles. The second kappa shape index (κ2) is 8.42. The lowest BCUT2D eigenvalue weighted by molar-refractivity contribution is -0.213. The molecular formula is C17H28O8. The van der Waals surface area contributed by atoms with Gasteiger partial charge in [-0.2, -0.15) is 0 Å². The topological polar surface area (TPSA) is 149 Å². The highest BCUT2D eigenvalue weighted by Gasteiger charge is 2.71. The number of aliphatic carboxylic acids is 3. The summed E-state index contributed by atoms with van der Waals surface area (Å²) in [6, 6.07) is 0. The molecule has 8 heteroatoms. The van der Waals surface area contributed by atoms with Crippen molar-refractivity contribution in [3.63, 3.8) is 0 Å². The van der Waals surface area contributed by atoms with Crippen LogP contribution < -0.4 is 0 Å². The van der Waals surface area contributed by atoms with Gasteiger partial charge in [0, 0.05) is 6.42 Å². The fourth-order valence-electron chi connectivity index (χ4n) is 2.88. The molecule has 2 unspecified atom stereocenters. The highest BCUT2D eigenvalue weighted by Crippen LogP contribution is 2.46. The molecule has 2 atom stereocenters.